The van der Waals surface area contributed by atoms with Crippen LogP contribution in [0.15, 0.2) is 48.5 Å². The van der Waals surface area contributed by atoms with Crippen molar-refractivity contribution in [3.8, 4) is 11.1 Å². The second-order valence-electron chi connectivity index (χ2n) is 3.23. The molecule has 0 bridgehead atoms. The van der Waals surface area contributed by atoms with Gasteiger partial charge in [0.2, 0.25) is 0 Å². The summed E-state index contributed by atoms with van der Waals surface area (Å²) in [6.45, 7) is -1.49. The Morgan fingerprint density at radius 3 is 2.19 bits per heavy atom. The van der Waals surface area contributed by atoms with Crippen molar-refractivity contribution in [3.05, 3.63) is 54.3 Å². The van der Waals surface area contributed by atoms with Crippen molar-refractivity contribution < 1.29 is 4.39 Å². The predicted octanol–water partition coefficient (Wildman–Crippen LogP) is 4.91. The van der Waals surface area contributed by atoms with Gasteiger partial charge in [-0.15, -0.1) is 0 Å². The summed E-state index contributed by atoms with van der Waals surface area (Å²) in [6, 6.07) is 14.4. The van der Waals surface area contributed by atoms with Gasteiger partial charge in [-0.1, -0.05) is 64.9 Å². The lowest BCUT2D eigenvalue weighted by Gasteiger charge is -2.10. The molecule has 0 aliphatic rings. The van der Waals surface area contributed by atoms with Gasteiger partial charge in [-0.05, 0) is 17.2 Å². The Morgan fingerprint density at radius 2 is 1.56 bits per heavy atom. The van der Waals surface area contributed by atoms with E-state index in [1.165, 1.54) is 6.07 Å². The maximum atomic E-state index is 13.6. The minimum atomic E-state index is -1.49. The second kappa shape index (κ2) is 5.14. The van der Waals surface area contributed by atoms with Crippen LogP contribution >= 0.6 is 29.1 Å². The summed E-state index contributed by atoms with van der Waals surface area (Å²) in [4.78, 5) is 0. The van der Waals surface area contributed by atoms with Crippen LogP contribution in [0.2, 0.25) is 0 Å². The van der Waals surface area contributed by atoms with Gasteiger partial charge in [-0.2, -0.15) is 0 Å². The van der Waals surface area contributed by atoms with E-state index in [0.29, 0.717) is 5.30 Å². The molecule has 2 rings (SSSR count). The zero-order chi connectivity index (χ0) is 11.5. The van der Waals surface area contributed by atoms with Crippen LogP contribution in [0.4, 0.5) is 4.39 Å². The van der Waals surface area contributed by atoms with E-state index in [-0.39, 0.29) is 5.82 Å². The van der Waals surface area contributed by atoms with E-state index in [0.717, 1.165) is 11.1 Å². The third kappa shape index (κ3) is 2.38. The summed E-state index contributed by atoms with van der Waals surface area (Å²) in [5.41, 5.74) is 1.68. The van der Waals surface area contributed by atoms with E-state index in [4.69, 9.17) is 22.5 Å². The zero-order valence-electron chi connectivity index (χ0n) is 8.20. The third-order valence-corrected chi connectivity index (χ3v) is 4.05. The summed E-state index contributed by atoms with van der Waals surface area (Å²) < 4.78 is 13.6. The van der Waals surface area contributed by atoms with Gasteiger partial charge in [0.25, 0.3) is 0 Å². The summed E-state index contributed by atoms with van der Waals surface area (Å²) in [7, 11) is 0. The molecule has 2 aromatic rings. The lowest BCUT2D eigenvalue weighted by atomic mass is 10.1. The van der Waals surface area contributed by atoms with E-state index < -0.39 is 6.63 Å². The first-order chi connectivity index (χ1) is 7.70. The largest absolute Gasteiger partial charge is 0.206 e. The van der Waals surface area contributed by atoms with Crippen LogP contribution < -0.4 is 5.30 Å². The van der Waals surface area contributed by atoms with E-state index in [9.17, 15) is 4.39 Å². The van der Waals surface area contributed by atoms with E-state index in [1.54, 1.807) is 6.07 Å². The minimum Gasteiger partial charge on any atom is -0.206 e. The van der Waals surface area contributed by atoms with Crippen LogP contribution in [0.3, 0.4) is 0 Å². The molecule has 16 heavy (non-hydrogen) atoms. The molecule has 0 spiro atoms. The predicted molar refractivity (Wildman–Crippen MR) is 70.1 cm³/mol. The van der Waals surface area contributed by atoms with Gasteiger partial charge in [0.15, 0.2) is 0 Å². The van der Waals surface area contributed by atoms with Crippen LogP contribution in [-0.2, 0) is 0 Å². The van der Waals surface area contributed by atoms with E-state index in [2.05, 4.69) is 0 Å². The third-order valence-electron chi connectivity index (χ3n) is 2.24. The Bertz CT molecular complexity index is 486. The van der Waals surface area contributed by atoms with Crippen molar-refractivity contribution in [2.45, 2.75) is 0 Å². The van der Waals surface area contributed by atoms with Crippen LogP contribution in [0.25, 0.3) is 11.1 Å². The molecular formula is C12H8Cl2FP. The Balaban J connectivity index is 2.61. The van der Waals surface area contributed by atoms with Crippen LogP contribution in [0.1, 0.15) is 0 Å². The molecule has 0 N–H and O–H groups in total. The fraction of sp³-hybridized carbons (Fsp3) is 0. The number of hydrogen-bond donors (Lipinski definition) is 0. The molecule has 0 amide bonds. The summed E-state index contributed by atoms with van der Waals surface area (Å²) in [6.07, 6.45) is 0. The highest BCUT2D eigenvalue weighted by molar-refractivity contribution is 8.09. The fourth-order valence-corrected chi connectivity index (χ4v) is 3.19. The van der Waals surface area contributed by atoms with E-state index in [1.807, 2.05) is 36.4 Å². The summed E-state index contributed by atoms with van der Waals surface area (Å²) in [5.74, 6) is -0.350. The highest BCUT2D eigenvalue weighted by Crippen LogP contribution is 2.48. The van der Waals surface area contributed by atoms with Gasteiger partial charge in [-0.25, -0.2) is 4.39 Å². The van der Waals surface area contributed by atoms with Gasteiger partial charge in [0.05, 0.1) is 0 Å². The second-order valence-corrected chi connectivity index (χ2v) is 6.70. The van der Waals surface area contributed by atoms with Crippen molar-refractivity contribution in [1.29, 1.82) is 0 Å². The average molecular weight is 273 g/mol. The van der Waals surface area contributed by atoms with Crippen molar-refractivity contribution in [2.24, 2.45) is 0 Å². The average Bonchev–Trinajstić information content (AvgIpc) is 2.29. The molecule has 0 fully saturated rings. The molecule has 2 aromatic carbocycles. The van der Waals surface area contributed by atoms with Crippen molar-refractivity contribution in [1.82, 2.24) is 0 Å². The van der Waals surface area contributed by atoms with Crippen LogP contribution in [-0.4, -0.2) is 0 Å². The Morgan fingerprint density at radius 1 is 0.875 bits per heavy atom. The zero-order valence-corrected chi connectivity index (χ0v) is 10.6. The Hall–Kier alpha value is -0.620. The topological polar surface area (TPSA) is 0 Å². The number of halogens is 3. The minimum absolute atomic E-state index is 0.350. The Labute approximate surface area is 104 Å². The molecule has 4 heteroatoms. The lowest BCUT2D eigenvalue weighted by molar-refractivity contribution is 0.637. The summed E-state index contributed by atoms with van der Waals surface area (Å²) in [5, 5.41) is 0.395. The maximum Gasteiger partial charge on any atom is 0.133 e. The van der Waals surface area contributed by atoms with Crippen molar-refractivity contribution >= 4 is 34.4 Å². The summed E-state index contributed by atoms with van der Waals surface area (Å²) >= 11 is 11.7. The Kier molecular flexibility index (Phi) is 3.81. The number of benzene rings is 2. The highest BCUT2D eigenvalue weighted by Gasteiger charge is 2.16. The first-order valence-electron chi connectivity index (χ1n) is 4.66. The maximum absolute atomic E-state index is 13.6. The number of rotatable bonds is 2. The molecule has 82 valence electrons. The molecule has 0 heterocycles. The van der Waals surface area contributed by atoms with Crippen LogP contribution in [0.5, 0.6) is 0 Å². The first-order valence-corrected chi connectivity index (χ1v) is 7.81. The van der Waals surface area contributed by atoms with Crippen molar-refractivity contribution in [3.63, 3.8) is 0 Å². The highest BCUT2D eigenvalue weighted by atomic mass is 35.9. The molecule has 0 unspecified atom stereocenters. The smallest absolute Gasteiger partial charge is 0.133 e. The normalized spacial score (nSPS) is 10.8. The van der Waals surface area contributed by atoms with Crippen molar-refractivity contribution in [2.75, 3.05) is 0 Å². The molecule has 0 nitrogen and oxygen atoms in total. The van der Waals surface area contributed by atoms with Gasteiger partial charge in [-0.3, -0.25) is 0 Å². The SMILES string of the molecule is Fc1cccc(-c2ccccc2)c1P(Cl)Cl. The molecule has 0 atom stereocenters. The molecule has 0 aromatic heterocycles. The van der Waals surface area contributed by atoms with Gasteiger partial charge < -0.3 is 0 Å². The molecular weight excluding hydrogens is 265 g/mol. The van der Waals surface area contributed by atoms with Crippen LogP contribution in [0, 0.1) is 5.82 Å². The monoisotopic (exact) mass is 272 g/mol. The standard InChI is InChI=1S/C12H8Cl2FP/c13-16(14)12-10(7-4-8-11(12)15)9-5-2-1-3-6-9/h1-8H. The number of hydrogen-bond acceptors (Lipinski definition) is 0. The van der Waals surface area contributed by atoms with E-state index >= 15 is 0 Å². The van der Waals surface area contributed by atoms with Gasteiger partial charge in [0.1, 0.15) is 12.4 Å². The molecule has 0 saturated carbocycles. The quantitative estimate of drug-likeness (QED) is 0.682. The first kappa shape index (κ1) is 11.9. The molecule has 0 aliphatic carbocycles. The fourth-order valence-electron chi connectivity index (χ4n) is 1.54. The molecule has 0 radical (unpaired) electrons. The lowest BCUT2D eigenvalue weighted by Crippen LogP contribution is -2.06. The van der Waals surface area contributed by atoms with Gasteiger partial charge in [0, 0.05) is 5.30 Å². The molecule has 0 aliphatic heterocycles. The van der Waals surface area contributed by atoms with Gasteiger partial charge >= 0.3 is 0 Å². The molecule has 0 saturated heterocycles.